The molecule has 0 saturated carbocycles. The van der Waals surface area contributed by atoms with Crippen LogP contribution in [0.1, 0.15) is 57.4 Å². The number of pyridine rings is 2. The highest BCUT2D eigenvalue weighted by molar-refractivity contribution is 7.83. The van der Waals surface area contributed by atoms with Gasteiger partial charge in [0.2, 0.25) is 17.7 Å². The quantitative estimate of drug-likeness (QED) is 0.130. The van der Waals surface area contributed by atoms with Crippen molar-refractivity contribution in [1.82, 2.24) is 20.6 Å². The van der Waals surface area contributed by atoms with Crippen LogP contribution in [-0.2, 0) is 30.9 Å². The van der Waals surface area contributed by atoms with E-state index >= 15 is 0 Å². The van der Waals surface area contributed by atoms with Crippen LogP contribution in [0.25, 0.3) is 11.1 Å². The fraction of sp³-hybridized carbons (Fsp3) is 0.394. The average molecular weight is 721 g/mol. The van der Waals surface area contributed by atoms with Crippen LogP contribution in [0.2, 0.25) is 0 Å². The van der Waals surface area contributed by atoms with Gasteiger partial charge in [-0.1, -0.05) is 26.2 Å². The van der Waals surface area contributed by atoms with Gasteiger partial charge in [-0.05, 0) is 36.2 Å². The highest BCUT2D eigenvalue weighted by Gasteiger charge is 2.17. The summed E-state index contributed by atoms with van der Waals surface area (Å²) in [5.41, 5.74) is 6.29. The predicted octanol–water partition coefficient (Wildman–Crippen LogP) is 4.56. The minimum atomic E-state index is -1.04. The molecule has 14 nitrogen and oxygen atoms in total. The van der Waals surface area contributed by atoms with Crippen LogP contribution in [0.4, 0.5) is 25.2 Å². The zero-order valence-electron chi connectivity index (χ0n) is 27.8. The molecule has 6 N–H and O–H groups in total. The van der Waals surface area contributed by atoms with E-state index in [9.17, 15) is 27.4 Å². The molecule has 0 aliphatic carbocycles. The summed E-state index contributed by atoms with van der Waals surface area (Å²) in [5, 5.41) is 14.6. The Labute approximate surface area is 291 Å². The number of imide groups is 1. The highest BCUT2D eigenvalue weighted by atomic mass is 32.2. The van der Waals surface area contributed by atoms with Gasteiger partial charge in [0.1, 0.15) is 29.0 Å². The number of fused-ring (bicyclic) bond motifs is 6. The van der Waals surface area contributed by atoms with Crippen LogP contribution in [-0.4, -0.2) is 69.6 Å². The van der Waals surface area contributed by atoms with Gasteiger partial charge in [-0.25, -0.2) is 18.6 Å². The molecule has 1 aromatic carbocycles. The van der Waals surface area contributed by atoms with Crippen LogP contribution in [0, 0.1) is 11.6 Å². The number of aromatic nitrogens is 2. The maximum absolute atomic E-state index is 14.6. The number of hydrogen-bond acceptors (Lipinski definition) is 10. The number of carbonyl (C=O) groups excluding carboxylic acids is 3. The molecule has 2 aliphatic rings. The fourth-order valence-electron chi connectivity index (χ4n) is 4.39. The van der Waals surface area contributed by atoms with Crippen LogP contribution < -0.4 is 31.2 Å². The van der Waals surface area contributed by atoms with Gasteiger partial charge in [0.15, 0.2) is 0 Å². The molecule has 2 aromatic heterocycles. The lowest BCUT2D eigenvalue weighted by molar-refractivity contribution is -0.125. The first-order chi connectivity index (χ1) is 23.9. The van der Waals surface area contributed by atoms with Crippen LogP contribution in [0.3, 0.4) is 0 Å². The van der Waals surface area contributed by atoms with Crippen LogP contribution in [0.15, 0.2) is 42.6 Å². The first kappa shape index (κ1) is 41.0. The summed E-state index contributed by atoms with van der Waals surface area (Å²) in [6.45, 7) is 3.18. The first-order valence-electron chi connectivity index (χ1n) is 15.7. The summed E-state index contributed by atoms with van der Waals surface area (Å²) in [6, 6.07) is 8.53. The number of halogens is 2. The molecule has 50 heavy (non-hydrogen) atoms. The van der Waals surface area contributed by atoms with E-state index in [2.05, 4.69) is 32.8 Å². The Morgan fingerprint density at radius 3 is 2.34 bits per heavy atom. The molecule has 4 amide bonds. The lowest BCUT2D eigenvalue weighted by Gasteiger charge is -2.16. The number of unbranched alkanes of at least 4 members (excludes halogenated alkanes) is 3. The molecular weight excluding hydrogens is 678 g/mol. The monoisotopic (exact) mass is 720 g/mol. The smallest absolute Gasteiger partial charge is 0.312 e. The van der Waals surface area contributed by atoms with Gasteiger partial charge >= 0.3 is 6.03 Å². The third kappa shape index (κ3) is 15.8. The Hall–Kier alpha value is -5.19. The molecule has 1 saturated heterocycles. The number of hydrogen-bond donors (Lipinski definition) is 5. The summed E-state index contributed by atoms with van der Waals surface area (Å²) < 4.78 is 51.4. The maximum Gasteiger partial charge on any atom is 0.312 e. The Bertz CT molecular complexity index is 1600. The van der Waals surface area contributed by atoms with Gasteiger partial charge in [-0.3, -0.25) is 23.9 Å². The molecule has 4 bridgehead atoms. The average Bonchev–Trinajstić information content (AvgIpc) is 3.44. The number of amides is 4. The minimum absolute atomic E-state index is 0.148. The molecular formula is C33H42F2N6O8S. The third-order valence-electron chi connectivity index (χ3n) is 6.56. The number of rotatable bonds is 7. The number of carbonyl (C=O) groups is 4. The van der Waals surface area contributed by atoms with E-state index in [-0.39, 0.29) is 36.2 Å². The van der Waals surface area contributed by atoms with E-state index < -0.39 is 28.5 Å². The van der Waals surface area contributed by atoms with Crippen molar-refractivity contribution in [2.75, 3.05) is 31.3 Å². The maximum atomic E-state index is 14.6. The molecule has 4 heterocycles. The van der Waals surface area contributed by atoms with E-state index in [1.165, 1.54) is 43.5 Å². The number of anilines is 2. The third-order valence-corrected chi connectivity index (χ3v) is 7.30. The van der Waals surface area contributed by atoms with Crippen molar-refractivity contribution < 1.29 is 46.7 Å². The normalized spacial score (nSPS) is 13.5. The van der Waals surface area contributed by atoms with Crippen molar-refractivity contribution in [3.63, 3.8) is 0 Å². The Morgan fingerprint density at radius 2 is 1.72 bits per heavy atom. The Morgan fingerprint density at radius 1 is 1.02 bits per heavy atom. The SMILES string of the molecule is CCCCCCNC(N)=O.CS(=O)Cc1cc2nc(c1)OCCCOc1cc(F)ccc1-c1cc(ncc1F)N2.O=C1CCC(=O)N1.O=CO. The van der Waals surface area contributed by atoms with Gasteiger partial charge in [0.25, 0.3) is 6.47 Å². The van der Waals surface area contributed by atoms with Crippen LogP contribution >= 0.6 is 0 Å². The predicted molar refractivity (Wildman–Crippen MR) is 183 cm³/mol. The summed E-state index contributed by atoms with van der Waals surface area (Å²) in [6.07, 6.45) is 8.63. The van der Waals surface area contributed by atoms with Gasteiger partial charge in [-0.15, -0.1) is 0 Å². The van der Waals surface area contributed by atoms with Crippen molar-refractivity contribution in [1.29, 1.82) is 0 Å². The second-order valence-corrected chi connectivity index (χ2v) is 12.1. The van der Waals surface area contributed by atoms with Crippen molar-refractivity contribution in [2.24, 2.45) is 5.73 Å². The second kappa shape index (κ2) is 22.4. The highest BCUT2D eigenvalue weighted by Crippen LogP contribution is 2.34. The number of carboxylic acid groups (broad SMARTS) is 1. The van der Waals surface area contributed by atoms with E-state index in [0.717, 1.165) is 24.7 Å². The van der Waals surface area contributed by atoms with Gasteiger partial charge in [0.05, 0.1) is 19.4 Å². The standard InChI is InChI=1S/C21H19F2N3O3S.C7H16N2O.C4H5NO2.CH2O2/c1-30(27)12-13-7-20-25-19-10-16(17(23)11-24-19)15-4-3-14(22)9-18(15)28-5-2-6-29-21(8-13)26-20;1-2-3-4-5-6-9-7(8)10;6-3-1-2-4(7)5-3;2-1-3/h3-4,7-11H,2,5-6,12H2,1H3,(H,24,25,26);2-6H2,1H3,(H3,8,9,10);1-2H2,(H,5,6,7);1H,(H,2,3). The number of ether oxygens (including phenoxy) is 2. The van der Waals surface area contributed by atoms with Crippen molar-refractivity contribution in [3.8, 4) is 22.8 Å². The molecule has 1 fully saturated rings. The number of primary amides is 1. The Kier molecular flexibility index (Phi) is 18.4. The molecule has 0 spiro atoms. The van der Waals surface area contributed by atoms with Crippen molar-refractivity contribution >= 4 is 46.8 Å². The number of nitrogens with two attached hydrogens (primary N) is 1. The van der Waals surface area contributed by atoms with Crippen molar-refractivity contribution in [2.45, 2.75) is 57.6 Å². The molecule has 3 aromatic rings. The zero-order valence-corrected chi connectivity index (χ0v) is 28.7. The van der Waals surface area contributed by atoms with E-state index in [4.69, 9.17) is 25.1 Å². The van der Waals surface area contributed by atoms with Crippen molar-refractivity contribution in [3.05, 3.63) is 59.8 Å². The summed E-state index contributed by atoms with van der Waals surface area (Å²) >= 11 is 0. The second-order valence-electron chi connectivity index (χ2n) is 10.7. The van der Waals surface area contributed by atoms with Gasteiger partial charge < -0.3 is 30.9 Å². The van der Waals surface area contributed by atoms with Gasteiger partial charge in [0, 0.05) is 71.9 Å². The summed E-state index contributed by atoms with van der Waals surface area (Å²) in [5.74, 6) is 0.402. The summed E-state index contributed by atoms with van der Waals surface area (Å²) in [7, 11) is -1.04. The van der Waals surface area contributed by atoms with E-state index in [0.29, 0.717) is 54.7 Å². The minimum Gasteiger partial charge on any atom is -0.493 e. The number of benzene rings is 1. The number of nitrogens with zero attached hydrogens (tertiary/aromatic N) is 2. The number of nitrogens with one attached hydrogen (secondary N) is 3. The van der Waals surface area contributed by atoms with Crippen LogP contribution in [0.5, 0.6) is 11.6 Å². The van der Waals surface area contributed by atoms with E-state index in [1.807, 2.05) is 0 Å². The van der Waals surface area contributed by atoms with E-state index in [1.54, 1.807) is 18.4 Å². The largest absolute Gasteiger partial charge is 0.493 e. The van der Waals surface area contributed by atoms with Gasteiger partial charge in [-0.2, -0.15) is 4.98 Å². The molecule has 0 radical (unpaired) electrons. The lowest BCUT2D eigenvalue weighted by Crippen LogP contribution is -2.29. The molecule has 272 valence electrons. The lowest BCUT2D eigenvalue weighted by atomic mass is 10.0. The zero-order chi connectivity index (χ0) is 36.9. The molecule has 2 aliphatic heterocycles. The molecule has 5 rings (SSSR count). The first-order valence-corrected chi connectivity index (χ1v) is 17.4. The molecule has 1 atom stereocenters. The summed E-state index contributed by atoms with van der Waals surface area (Å²) in [4.78, 5) is 47.2. The fourth-order valence-corrected chi connectivity index (χ4v) is 5.02. The topological polar surface area (TPSA) is 212 Å². The Balaban J connectivity index is 0.000000354. The number of urea groups is 1. The molecule has 1 unspecified atom stereocenters. The molecule has 17 heteroatoms.